The third-order valence-corrected chi connectivity index (χ3v) is 4.60. The van der Waals surface area contributed by atoms with E-state index in [-0.39, 0.29) is 0 Å². The van der Waals surface area contributed by atoms with Crippen molar-refractivity contribution in [2.45, 2.75) is 104 Å². The molecule has 19 heavy (non-hydrogen) atoms. The minimum Gasteiger partial charge on any atom is -0.311 e. The van der Waals surface area contributed by atoms with Crippen LogP contribution in [-0.4, -0.2) is 12.1 Å². The topological polar surface area (TPSA) is 12.0 Å². The van der Waals surface area contributed by atoms with Crippen LogP contribution in [0.4, 0.5) is 0 Å². The van der Waals surface area contributed by atoms with E-state index in [0.29, 0.717) is 0 Å². The Hall–Kier alpha value is -0.0400. The summed E-state index contributed by atoms with van der Waals surface area (Å²) in [6, 6.07) is 1.53. The van der Waals surface area contributed by atoms with Gasteiger partial charge in [0.25, 0.3) is 0 Å². The third kappa shape index (κ3) is 7.97. The highest BCUT2D eigenvalue weighted by Crippen LogP contribution is 2.29. The van der Waals surface area contributed by atoms with Gasteiger partial charge in [-0.25, -0.2) is 0 Å². The Balaban J connectivity index is 2.16. The second kappa shape index (κ2) is 9.80. The van der Waals surface area contributed by atoms with Gasteiger partial charge >= 0.3 is 0 Å². The predicted molar refractivity (Wildman–Crippen MR) is 86.6 cm³/mol. The lowest BCUT2D eigenvalue weighted by Crippen LogP contribution is -2.39. The first kappa shape index (κ1) is 17.0. The molecule has 1 nitrogen and oxygen atoms in total. The molecule has 1 N–H and O–H groups in total. The van der Waals surface area contributed by atoms with E-state index in [2.05, 4.69) is 33.0 Å². The second-order valence-corrected chi connectivity index (χ2v) is 7.28. The fraction of sp³-hybridized carbons (Fsp3) is 1.00. The summed E-state index contributed by atoms with van der Waals surface area (Å²) in [7, 11) is 0. The summed E-state index contributed by atoms with van der Waals surface area (Å²) in [5.74, 6) is 1.86. The van der Waals surface area contributed by atoms with Gasteiger partial charge in [-0.1, -0.05) is 59.3 Å². The van der Waals surface area contributed by atoms with Gasteiger partial charge in [0.2, 0.25) is 0 Å². The van der Waals surface area contributed by atoms with E-state index in [1.807, 2.05) is 0 Å². The monoisotopic (exact) mass is 267 g/mol. The molecule has 1 heteroatoms. The molecular weight excluding hydrogens is 230 g/mol. The van der Waals surface area contributed by atoms with E-state index in [1.54, 1.807) is 0 Å². The van der Waals surface area contributed by atoms with Crippen LogP contribution in [0, 0.1) is 11.8 Å². The maximum absolute atomic E-state index is 3.90. The standard InChI is InChI=1S/C18H37N/c1-5-6-7-8-10-16(4)19-18-12-9-11-17(14-18)13-15(2)3/h15-19H,5-14H2,1-4H3. The highest BCUT2D eigenvalue weighted by atomic mass is 14.9. The van der Waals surface area contributed by atoms with Gasteiger partial charge in [-0.2, -0.15) is 0 Å². The molecule has 1 fully saturated rings. The van der Waals surface area contributed by atoms with Crippen LogP contribution in [0.2, 0.25) is 0 Å². The van der Waals surface area contributed by atoms with Crippen LogP contribution in [0.5, 0.6) is 0 Å². The zero-order valence-electron chi connectivity index (χ0n) is 13.9. The van der Waals surface area contributed by atoms with Gasteiger partial charge in [0.1, 0.15) is 0 Å². The molecule has 0 aromatic carbocycles. The molecular formula is C18H37N. The zero-order chi connectivity index (χ0) is 14.1. The third-order valence-electron chi connectivity index (χ3n) is 4.60. The van der Waals surface area contributed by atoms with E-state index in [4.69, 9.17) is 0 Å². The van der Waals surface area contributed by atoms with Crippen LogP contribution in [0.1, 0.15) is 91.9 Å². The molecule has 0 aromatic rings. The Labute approximate surface area is 121 Å². The second-order valence-electron chi connectivity index (χ2n) is 7.28. The lowest BCUT2D eigenvalue weighted by molar-refractivity contribution is 0.239. The smallest absolute Gasteiger partial charge is 0.00721 e. The number of hydrogen-bond acceptors (Lipinski definition) is 1. The highest BCUT2D eigenvalue weighted by Gasteiger charge is 2.23. The van der Waals surface area contributed by atoms with E-state index in [1.165, 1.54) is 64.2 Å². The van der Waals surface area contributed by atoms with Crippen molar-refractivity contribution < 1.29 is 0 Å². The summed E-state index contributed by atoms with van der Waals surface area (Å²) in [5, 5.41) is 3.90. The Morgan fingerprint density at radius 2 is 1.84 bits per heavy atom. The van der Waals surface area contributed by atoms with Crippen molar-refractivity contribution >= 4 is 0 Å². The molecule has 3 unspecified atom stereocenters. The number of nitrogens with one attached hydrogen (secondary N) is 1. The molecule has 1 aliphatic carbocycles. The first-order chi connectivity index (χ1) is 9.11. The molecule has 0 spiro atoms. The average molecular weight is 268 g/mol. The molecule has 1 saturated carbocycles. The van der Waals surface area contributed by atoms with Gasteiger partial charge < -0.3 is 5.32 Å². The zero-order valence-corrected chi connectivity index (χ0v) is 13.9. The molecule has 0 amide bonds. The Kier molecular flexibility index (Phi) is 8.77. The number of unbranched alkanes of at least 4 members (excludes halogenated alkanes) is 3. The SMILES string of the molecule is CCCCCCC(C)NC1CCCC(CC(C)C)C1. The van der Waals surface area contributed by atoms with Crippen molar-refractivity contribution in [2.75, 3.05) is 0 Å². The van der Waals surface area contributed by atoms with Crippen molar-refractivity contribution in [2.24, 2.45) is 11.8 Å². The first-order valence-corrected chi connectivity index (χ1v) is 8.87. The summed E-state index contributed by atoms with van der Waals surface area (Å²) in [6.45, 7) is 9.41. The minimum atomic E-state index is 0.722. The molecule has 0 saturated heterocycles. The number of rotatable bonds is 9. The van der Waals surface area contributed by atoms with Crippen molar-refractivity contribution in [3.63, 3.8) is 0 Å². The summed E-state index contributed by atoms with van der Waals surface area (Å²) in [5.41, 5.74) is 0. The molecule has 0 aromatic heterocycles. The normalized spacial score (nSPS) is 25.7. The molecule has 0 aliphatic heterocycles. The Morgan fingerprint density at radius 3 is 2.53 bits per heavy atom. The van der Waals surface area contributed by atoms with Gasteiger partial charge in [0.15, 0.2) is 0 Å². The highest BCUT2D eigenvalue weighted by molar-refractivity contribution is 4.80. The minimum absolute atomic E-state index is 0.722. The molecule has 114 valence electrons. The van der Waals surface area contributed by atoms with E-state index >= 15 is 0 Å². The molecule has 0 heterocycles. The van der Waals surface area contributed by atoms with Gasteiger partial charge in [-0.3, -0.25) is 0 Å². The fourth-order valence-corrected chi connectivity index (χ4v) is 3.69. The maximum Gasteiger partial charge on any atom is 0.00721 e. The van der Waals surface area contributed by atoms with Crippen molar-refractivity contribution in [1.29, 1.82) is 0 Å². The molecule has 0 radical (unpaired) electrons. The van der Waals surface area contributed by atoms with Gasteiger partial charge in [0, 0.05) is 12.1 Å². The predicted octanol–water partition coefficient (Wildman–Crippen LogP) is 5.54. The molecule has 0 bridgehead atoms. The summed E-state index contributed by atoms with van der Waals surface area (Å²) in [4.78, 5) is 0. The van der Waals surface area contributed by atoms with Crippen LogP contribution in [0.3, 0.4) is 0 Å². The van der Waals surface area contributed by atoms with E-state index < -0.39 is 0 Å². The molecule has 1 aliphatic rings. The van der Waals surface area contributed by atoms with Crippen molar-refractivity contribution in [1.82, 2.24) is 5.32 Å². The first-order valence-electron chi connectivity index (χ1n) is 8.87. The average Bonchev–Trinajstić information content (AvgIpc) is 2.34. The van der Waals surface area contributed by atoms with Crippen LogP contribution in [0.25, 0.3) is 0 Å². The lowest BCUT2D eigenvalue weighted by atomic mass is 9.81. The largest absolute Gasteiger partial charge is 0.311 e. The summed E-state index contributed by atoms with van der Waals surface area (Å²) in [6.07, 6.45) is 14.1. The van der Waals surface area contributed by atoms with Crippen LogP contribution < -0.4 is 5.32 Å². The summed E-state index contributed by atoms with van der Waals surface area (Å²) >= 11 is 0. The van der Waals surface area contributed by atoms with Crippen LogP contribution in [0.15, 0.2) is 0 Å². The van der Waals surface area contributed by atoms with Gasteiger partial charge in [-0.05, 0) is 44.4 Å². The van der Waals surface area contributed by atoms with Crippen LogP contribution in [-0.2, 0) is 0 Å². The maximum atomic E-state index is 3.90. The quantitative estimate of drug-likeness (QED) is 0.541. The van der Waals surface area contributed by atoms with Crippen LogP contribution >= 0.6 is 0 Å². The Morgan fingerprint density at radius 1 is 1.05 bits per heavy atom. The fourth-order valence-electron chi connectivity index (χ4n) is 3.69. The van der Waals surface area contributed by atoms with Gasteiger partial charge in [-0.15, -0.1) is 0 Å². The van der Waals surface area contributed by atoms with Gasteiger partial charge in [0.05, 0.1) is 0 Å². The lowest BCUT2D eigenvalue weighted by Gasteiger charge is -2.32. The molecule has 1 rings (SSSR count). The van der Waals surface area contributed by atoms with E-state index in [9.17, 15) is 0 Å². The number of hydrogen-bond donors (Lipinski definition) is 1. The van der Waals surface area contributed by atoms with Crippen molar-refractivity contribution in [3.05, 3.63) is 0 Å². The Bertz CT molecular complexity index is 212. The van der Waals surface area contributed by atoms with Crippen molar-refractivity contribution in [3.8, 4) is 0 Å². The molecule has 3 atom stereocenters. The summed E-state index contributed by atoms with van der Waals surface area (Å²) < 4.78 is 0. The van der Waals surface area contributed by atoms with E-state index in [0.717, 1.165) is 23.9 Å².